The summed E-state index contributed by atoms with van der Waals surface area (Å²) in [6, 6.07) is 7.83. The first-order valence-corrected chi connectivity index (χ1v) is 13.5. The number of fused-ring (bicyclic) bond motifs is 1. The second-order valence-electron chi connectivity index (χ2n) is 9.96. The molecule has 1 amide bonds. The third-order valence-corrected chi connectivity index (χ3v) is 7.09. The van der Waals surface area contributed by atoms with E-state index < -0.39 is 11.8 Å². The maximum atomic E-state index is 13.6. The van der Waals surface area contributed by atoms with E-state index in [1.165, 1.54) is 24.5 Å². The Morgan fingerprint density at radius 2 is 1.90 bits per heavy atom. The van der Waals surface area contributed by atoms with Gasteiger partial charge in [-0.25, -0.2) is 14.4 Å². The van der Waals surface area contributed by atoms with E-state index in [4.69, 9.17) is 21.4 Å². The Labute approximate surface area is 235 Å². The molecule has 5 rings (SSSR count). The molecule has 1 aromatic heterocycles. The van der Waals surface area contributed by atoms with Gasteiger partial charge < -0.3 is 20.5 Å². The Bertz CT molecular complexity index is 1430. The molecular formula is C28H30ClFN6O4. The highest BCUT2D eigenvalue weighted by molar-refractivity contribution is 6.31. The first kappa shape index (κ1) is 27.8. The van der Waals surface area contributed by atoms with Gasteiger partial charge in [0.15, 0.2) is 0 Å². The van der Waals surface area contributed by atoms with Crippen LogP contribution >= 0.6 is 11.6 Å². The molecule has 0 spiro atoms. The molecule has 1 aliphatic carbocycles. The number of hydrogen-bond acceptors (Lipinski definition) is 8. The lowest BCUT2D eigenvalue weighted by Gasteiger charge is -2.33. The van der Waals surface area contributed by atoms with Gasteiger partial charge in [0, 0.05) is 55.9 Å². The summed E-state index contributed by atoms with van der Waals surface area (Å²) in [6.07, 6.45) is 6.95. The lowest BCUT2D eigenvalue weighted by atomic mass is 10.1. The molecule has 3 aromatic rings. The number of anilines is 3. The molecule has 1 aliphatic heterocycles. The van der Waals surface area contributed by atoms with E-state index >= 15 is 0 Å². The summed E-state index contributed by atoms with van der Waals surface area (Å²) in [6.45, 7) is 4.00. The maximum Gasteiger partial charge on any atom is 0.317 e. The van der Waals surface area contributed by atoms with Crippen LogP contribution in [0.3, 0.4) is 0 Å². The molecule has 2 fully saturated rings. The number of nitrogens with one attached hydrogen (secondary N) is 2. The van der Waals surface area contributed by atoms with Crippen LogP contribution in [0.2, 0.25) is 5.02 Å². The van der Waals surface area contributed by atoms with Gasteiger partial charge in [-0.05, 0) is 43.0 Å². The predicted octanol–water partition coefficient (Wildman–Crippen LogP) is 4.15. The van der Waals surface area contributed by atoms with E-state index in [2.05, 4.69) is 25.5 Å². The van der Waals surface area contributed by atoms with Crippen molar-refractivity contribution in [3.63, 3.8) is 0 Å². The van der Waals surface area contributed by atoms with Crippen LogP contribution in [-0.2, 0) is 9.59 Å². The van der Waals surface area contributed by atoms with Gasteiger partial charge in [0.1, 0.15) is 23.7 Å². The molecule has 2 heterocycles. The molecule has 12 heteroatoms. The number of hydrogen-bond donors (Lipinski definition) is 3. The summed E-state index contributed by atoms with van der Waals surface area (Å²) < 4.78 is 19.7. The van der Waals surface area contributed by atoms with E-state index in [1.54, 1.807) is 24.3 Å². The Hall–Kier alpha value is -3.80. The largest absolute Gasteiger partial charge is 0.491 e. The Morgan fingerprint density at radius 1 is 1.12 bits per heavy atom. The fourth-order valence-electron chi connectivity index (χ4n) is 4.41. The van der Waals surface area contributed by atoms with Crippen LogP contribution in [0, 0.1) is 11.7 Å². The Morgan fingerprint density at radius 3 is 2.62 bits per heavy atom. The standard InChI is InChI=1S/C28H30ClFN6O4/c29-21-12-19(5-6-22(21)30)33-28-20-13-24(25(40-16-18-3-4-18)14-23(20)31-17-32-28)34-26(37)2-1-7-35-8-10-36(11-9-35)15-27(38)39/h1-2,5-6,12-14,17-18H,3-4,7-11,15-16H2,(H,34,37)(H,38,39)(H,31,32,33). The van der Waals surface area contributed by atoms with Crippen molar-refractivity contribution >= 4 is 51.6 Å². The fraction of sp³-hybridized carbons (Fsp3) is 0.357. The van der Waals surface area contributed by atoms with Crippen LogP contribution in [0.5, 0.6) is 5.75 Å². The highest BCUT2D eigenvalue weighted by Crippen LogP contribution is 2.36. The molecule has 210 valence electrons. The number of carboxylic acid groups (broad SMARTS) is 1. The highest BCUT2D eigenvalue weighted by atomic mass is 35.5. The summed E-state index contributed by atoms with van der Waals surface area (Å²) >= 11 is 5.94. The van der Waals surface area contributed by atoms with Crippen LogP contribution in [0.4, 0.5) is 21.6 Å². The first-order chi connectivity index (χ1) is 19.3. The number of carboxylic acids is 1. The third-order valence-electron chi connectivity index (χ3n) is 6.80. The first-order valence-electron chi connectivity index (χ1n) is 13.1. The SMILES string of the molecule is O=C(O)CN1CCN(CC=CC(=O)Nc2cc3c(Nc4ccc(F)c(Cl)c4)ncnc3cc2OCC2CC2)CC1. The monoisotopic (exact) mass is 568 g/mol. The third kappa shape index (κ3) is 7.44. The van der Waals surface area contributed by atoms with Crippen LogP contribution in [0.15, 0.2) is 48.8 Å². The number of aromatic nitrogens is 2. The molecule has 0 bridgehead atoms. The number of benzene rings is 2. The number of ether oxygens (including phenoxy) is 1. The zero-order valence-corrected chi connectivity index (χ0v) is 22.5. The minimum atomic E-state index is -0.825. The van der Waals surface area contributed by atoms with Crippen LogP contribution in [0.1, 0.15) is 12.8 Å². The van der Waals surface area contributed by atoms with Crippen LogP contribution < -0.4 is 15.4 Å². The van der Waals surface area contributed by atoms with Gasteiger partial charge in [0.05, 0.1) is 29.4 Å². The number of piperazine rings is 1. The normalized spacial score (nSPS) is 16.4. The molecule has 1 saturated carbocycles. The van der Waals surface area contributed by atoms with Gasteiger partial charge >= 0.3 is 5.97 Å². The Kier molecular flexibility index (Phi) is 8.73. The Balaban J connectivity index is 1.29. The second kappa shape index (κ2) is 12.6. The average Bonchev–Trinajstić information content (AvgIpc) is 3.75. The van der Waals surface area contributed by atoms with Gasteiger partial charge in [-0.15, -0.1) is 0 Å². The summed E-state index contributed by atoms with van der Waals surface area (Å²) in [5.74, 6) is -0.151. The maximum absolute atomic E-state index is 13.6. The van der Waals surface area contributed by atoms with Gasteiger partial charge in [-0.1, -0.05) is 17.7 Å². The second-order valence-corrected chi connectivity index (χ2v) is 10.4. The van der Waals surface area contributed by atoms with Crippen LogP contribution in [0.25, 0.3) is 10.9 Å². The summed E-state index contributed by atoms with van der Waals surface area (Å²) in [4.78, 5) is 36.5. The lowest BCUT2D eigenvalue weighted by molar-refractivity contribution is -0.138. The quantitative estimate of drug-likeness (QED) is 0.293. The highest BCUT2D eigenvalue weighted by Gasteiger charge is 2.23. The summed E-state index contributed by atoms with van der Waals surface area (Å²) in [5.41, 5.74) is 1.66. The molecule has 0 atom stereocenters. The number of carbonyl (C=O) groups excluding carboxylic acids is 1. The number of carbonyl (C=O) groups is 2. The smallest absolute Gasteiger partial charge is 0.317 e. The molecular weight excluding hydrogens is 539 g/mol. The number of aliphatic carboxylic acids is 1. The number of halogens is 2. The van der Waals surface area contributed by atoms with E-state index in [1.807, 2.05) is 4.90 Å². The van der Waals surface area contributed by atoms with Crippen molar-refractivity contribution in [2.45, 2.75) is 12.8 Å². The zero-order valence-electron chi connectivity index (χ0n) is 21.8. The van der Waals surface area contributed by atoms with Crippen molar-refractivity contribution in [1.29, 1.82) is 0 Å². The molecule has 2 aliphatic rings. The molecule has 2 aromatic carbocycles. The minimum absolute atomic E-state index is 0.0130. The number of amides is 1. The molecule has 0 radical (unpaired) electrons. The summed E-state index contributed by atoms with van der Waals surface area (Å²) in [5, 5.41) is 15.6. The topological polar surface area (TPSA) is 120 Å². The number of nitrogens with zero attached hydrogens (tertiary/aromatic N) is 4. The van der Waals surface area contributed by atoms with E-state index in [0.29, 0.717) is 66.0 Å². The van der Waals surface area contributed by atoms with Crippen molar-refractivity contribution in [2.75, 3.05) is 56.5 Å². The van der Waals surface area contributed by atoms with Crippen molar-refractivity contribution in [3.8, 4) is 5.75 Å². The molecule has 10 nitrogen and oxygen atoms in total. The van der Waals surface area contributed by atoms with Crippen molar-refractivity contribution in [1.82, 2.24) is 19.8 Å². The van der Waals surface area contributed by atoms with E-state index in [0.717, 1.165) is 25.9 Å². The average molecular weight is 569 g/mol. The van der Waals surface area contributed by atoms with Crippen LogP contribution in [-0.4, -0.2) is 82.6 Å². The molecule has 40 heavy (non-hydrogen) atoms. The van der Waals surface area contributed by atoms with E-state index in [9.17, 15) is 14.0 Å². The molecule has 0 unspecified atom stereocenters. The van der Waals surface area contributed by atoms with Gasteiger partial charge in [-0.2, -0.15) is 0 Å². The molecule has 3 N–H and O–H groups in total. The van der Waals surface area contributed by atoms with Gasteiger partial charge in [0.25, 0.3) is 0 Å². The minimum Gasteiger partial charge on any atom is -0.491 e. The fourth-order valence-corrected chi connectivity index (χ4v) is 4.59. The summed E-state index contributed by atoms with van der Waals surface area (Å²) in [7, 11) is 0. The number of rotatable bonds is 11. The van der Waals surface area contributed by atoms with Gasteiger partial charge in [0.2, 0.25) is 5.91 Å². The molecule has 1 saturated heterocycles. The van der Waals surface area contributed by atoms with Crippen molar-refractivity contribution in [2.24, 2.45) is 5.92 Å². The predicted molar refractivity (Wildman–Crippen MR) is 151 cm³/mol. The zero-order chi connectivity index (χ0) is 28.1. The van der Waals surface area contributed by atoms with Crippen molar-refractivity contribution in [3.05, 3.63) is 59.7 Å². The lowest BCUT2D eigenvalue weighted by Crippen LogP contribution is -2.47. The van der Waals surface area contributed by atoms with Gasteiger partial charge in [-0.3, -0.25) is 19.4 Å². The van der Waals surface area contributed by atoms with E-state index in [-0.39, 0.29) is 17.5 Å². The van der Waals surface area contributed by atoms with Crippen molar-refractivity contribution < 1.29 is 23.8 Å².